The van der Waals surface area contributed by atoms with E-state index in [-0.39, 0.29) is 12.2 Å². The Morgan fingerprint density at radius 1 is 1.22 bits per heavy atom. The Morgan fingerprint density at radius 2 is 1.83 bits per heavy atom. The predicted octanol–water partition coefficient (Wildman–Crippen LogP) is 4.33. The van der Waals surface area contributed by atoms with Gasteiger partial charge in [0.25, 0.3) is 0 Å². The van der Waals surface area contributed by atoms with Crippen LogP contribution in [0.4, 0.5) is 17.6 Å². The smallest absolute Gasteiger partial charge is 0.376 e. The molecule has 0 bridgehead atoms. The first-order valence-electron chi connectivity index (χ1n) is 5.87. The van der Waals surface area contributed by atoms with Crippen LogP contribution in [0.3, 0.4) is 0 Å². The normalized spacial score (nSPS) is 14.6. The minimum absolute atomic E-state index is 0.0380. The number of benzene rings is 1. The lowest BCUT2D eigenvalue weighted by Crippen LogP contribution is -2.16. The van der Waals surface area contributed by atoms with Gasteiger partial charge in [-0.2, -0.15) is 13.2 Å². The first kappa shape index (κ1) is 15.0. The van der Waals surface area contributed by atoms with Gasteiger partial charge in [-0.05, 0) is 18.1 Å². The van der Waals surface area contributed by atoms with Crippen LogP contribution in [-0.4, -0.2) is 6.61 Å². The molecule has 0 N–H and O–H groups in total. The third kappa shape index (κ3) is 3.45. The number of alkyl halides is 3. The van der Waals surface area contributed by atoms with Crippen molar-refractivity contribution in [2.75, 3.05) is 6.61 Å². The lowest BCUT2D eigenvalue weighted by molar-refractivity contribution is -0.140. The second kappa shape index (κ2) is 6.18. The number of ether oxygens (including phenoxy) is 1. The van der Waals surface area contributed by atoms with Crippen LogP contribution in [0.5, 0.6) is 0 Å². The molecule has 1 aromatic carbocycles. The first-order valence-corrected chi connectivity index (χ1v) is 5.87. The van der Waals surface area contributed by atoms with Crippen LogP contribution < -0.4 is 0 Å². The van der Waals surface area contributed by atoms with E-state index in [0.29, 0.717) is 18.6 Å². The molecule has 0 amide bonds. The first-order chi connectivity index (χ1) is 8.41. The van der Waals surface area contributed by atoms with Crippen LogP contribution >= 0.6 is 0 Å². The van der Waals surface area contributed by atoms with Crippen molar-refractivity contribution < 1.29 is 22.3 Å². The number of fused-ring (bicyclic) bond motifs is 1. The highest BCUT2D eigenvalue weighted by Crippen LogP contribution is 2.34. The molecule has 1 nitrogen and oxygen atoms in total. The minimum atomic E-state index is -4.64. The Bertz CT molecular complexity index is 399. The summed E-state index contributed by atoms with van der Waals surface area (Å²) >= 11 is 0. The Morgan fingerprint density at radius 3 is 2.39 bits per heavy atom. The summed E-state index contributed by atoms with van der Waals surface area (Å²) < 4.78 is 55.4. The molecule has 0 atom stereocenters. The predicted molar refractivity (Wildman–Crippen MR) is 60.7 cm³/mol. The van der Waals surface area contributed by atoms with Gasteiger partial charge < -0.3 is 4.74 Å². The molecular formula is C13H16F4O. The van der Waals surface area contributed by atoms with Gasteiger partial charge >= 0.3 is 6.18 Å². The van der Waals surface area contributed by atoms with E-state index in [1.807, 2.05) is 0 Å². The number of rotatable bonds is 0. The van der Waals surface area contributed by atoms with E-state index >= 15 is 0 Å². The maximum absolute atomic E-state index is 13.5. The Labute approximate surface area is 104 Å². The average molecular weight is 264 g/mol. The second-order valence-electron chi connectivity index (χ2n) is 4.07. The number of hydrogen-bond donors (Lipinski definition) is 0. The fraction of sp³-hybridized carbons (Fsp3) is 0.538. The highest BCUT2D eigenvalue weighted by Gasteiger charge is 2.35. The van der Waals surface area contributed by atoms with Crippen molar-refractivity contribution >= 4 is 0 Å². The van der Waals surface area contributed by atoms with E-state index in [4.69, 9.17) is 4.74 Å². The van der Waals surface area contributed by atoms with Crippen molar-refractivity contribution in [1.82, 2.24) is 0 Å². The zero-order valence-electron chi connectivity index (χ0n) is 10.4. The van der Waals surface area contributed by atoms with Crippen molar-refractivity contribution in [3.63, 3.8) is 0 Å². The number of hydrogen-bond acceptors (Lipinski definition) is 1. The van der Waals surface area contributed by atoms with Crippen molar-refractivity contribution in [2.45, 2.75) is 39.5 Å². The zero-order chi connectivity index (χ0) is 13.8. The molecule has 102 valence electrons. The molecule has 0 aliphatic carbocycles. The molecule has 0 radical (unpaired) electrons. The van der Waals surface area contributed by atoms with E-state index in [2.05, 4.69) is 13.8 Å². The molecule has 1 aliphatic rings. The van der Waals surface area contributed by atoms with Crippen LogP contribution in [0.2, 0.25) is 0 Å². The van der Waals surface area contributed by atoms with E-state index in [1.165, 1.54) is 12.5 Å². The SMILES string of the molecule is CCC.Fc1c(C(F)(F)F)ccc2c1COCC2. The molecule has 0 unspecified atom stereocenters. The fourth-order valence-electron chi connectivity index (χ4n) is 1.63. The standard InChI is InChI=1S/C10H8F4O.C3H8/c11-9-7-5-15-4-3-6(7)1-2-8(9)10(12,13)14;1-3-2/h1-2H,3-5H2;3H2,1-2H3. The summed E-state index contributed by atoms with van der Waals surface area (Å²) in [6, 6.07) is 2.11. The monoisotopic (exact) mass is 264 g/mol. The molecule has 1 aromatic rings. The maximum Gasteiger partial charge on any atom is 0.419 e. The van der Waals surface area contributed by atoms with E-state index in [9.17, 15) is 17.6 Å². The van der Waals surface area contributed by atoms with Gasteiger partial charge in [0.15, 0.2) is 0 Å². The highest BCUT2D eigenvalue weighted by molar-refractivity contribution is 5.36. The third-order valence-corrected chi connectivity index (χ3v) is 2.41. The van der Waals surface area contributed by atoms with Crippen molar-refractivity contribution in [1.29, 1.82) is 0 Å². The molecule has 2 rings (SSSR count). The van der Waals surface area contributed by atoms with Crippen molar-refractivity contribution in [3.05, 3.63) is 34.6 Å². The average Bonchev–Trinajstić information content (AvgIpc) is 2.29. The summed E-state index contributed by atoms with van der Waals surface area (Å²) in [7, 11) is 0. The summed E-state index contributed by atoms with van der Waals surface area (Å²) in [5, 5.41) is 0. The number of halogens is 4. The molecule has 1 aliphatic heterocycles. The van der Waals surface area contributed by atoms with Gasteiger partial charge in [0.05, 0.1) is 18.8 Å². The molecule has 0 saturated heterocycles. The van der Waals surface area contributed by atoms with Gasteiger partial charge in [-0.1, -0.05) is 26.3 Å². The van der Waals surface area contributed by atoms with Crippen molar-refractivity contribution in [2.24, 2.45) is 0 Å². The van der Waals surface area contributed by atoms with Gasteiger partial charge in [-0.25, -0.2) is 4.39 Å². The van der Waals surface area contributed by atoms with Crippen LogP contribution in [0, 0.1) is 5.82 Å². The molecule has 0 saturated carbocycles. The largest absolute Gasteiger partial charge is 0.419 e. The summed E-state index contributed by atoms with van der Waals surface area (Å²) in [6.07, 6.45) is -2.93. The van der Waals surface area contributed by atoms with Gasteiger partial charge in [0.1, 0.15) is 5.82 Å². The maximum atomic E-state index is 13.5. The van der Waals surface area contributed by atoms with Crippen LogP contribution in [0.15, 0.2) is 12.1 Å². The summed E-state index contributed by atoms with van der Waals surface area (Å²) in [4.78, 5) is 0. The molecule has 5 heteroatoms. The van der Waals surface area contributed by atoms with Gasteiger partial charge in [0.2, 0.25) is 0 Å². The fourth-order valence-corrected chi connectivity index (χ4v) is 1.63. The summed E-state index contributed by atoms with van der Waals surface area (Å²) in [5.74, 6) is -1.19. The minimum Gasteiger partial charge on any atom is -0.376 e. The van der Waals surface area contributed by atoms with Crippen LogP contribution in [0.25, 0.3) is 0 Å². The van der Waals surface area contributed by atoms with E-state index < -0.39 is 17.6 Å². The molecular weight excluding hydrogens is 248 g/mol. The summed E-state index contributed by atoms with van der Waals surface area (Å²) in [6.45, 7) is 4.60. The Kier molecular flexibility index (Phi) is 5.14. The topological polar surface area (TPSA) is 9.23 Å². The van der Waals surface area contributed by atoms with Crippen molar-refractivity contribution in [3.8, 4) is 0 Å². The van der Waals surface area contributed by atoms with E-state index in [1.54, 1.807) is 0 Å². The van der Waals surface area contributed by atoms with Gasteiger partial charge in [-0.15, -0.1) is 0 Å². The Balaban J connectivity index is 0.000000492. The molecule has 0 aromatic heterocycles. The lowest BCUT2D eigenvalue weighted by Gasteiger charge is -2.19. The van der Waals surface area contributed by atoms with Crippen LogP contribution in [-0.2, 0) is 23.9 Å². The molecule has 18 heavy (non-hydrogen) atoms. The zero-order valence-corrected chi connectivity index (χ0v) is 10.4. The molecule has 1 heterocycles. The highest BCUT2D eigenvalue weighted by atomic mass is 19.4. The third-order valence-electron chi connectivity index (χ3n) is 2.41. The van der Waals surface area contributed by atoms with E-state index in [0.717, 1.165) is 6.07 Å². The van der Waals surface area contributed by atoms with Gasteiger partial charge in [0, 0.05) is 5.56 Å². The second-order valence-corrected chi connectivity index (χ2v) is 4.07. The lowest BCUT2D eigenvalue weighted by atomic mass is 9.99. The quantitative estimate of drug-likeness (QED) is 0.633. The molecule has 0 fully saturated rings. The molecule has 0 spiro atoms. The Hall–Kier alpha value is -1.10. The van der Waals surface area contributed by atoms with Gasteiger partial charge in [-0.3, -0.25) is 0 Å². The summed E-state index contributed by atoms with van der Waals surface area (Å²) in [5.41, 5.74) is -0.574. The van der Waals surface area contributed by atoms with Crippen LogP contribution in [0.1, 0.15) is 37.0 Å².